The van der Waals surface area contributed by atoms with E-state index in [1.165, 1.54) is 101 Å². The zero-order valence-electron chi connectivity index (χ0n) is 87.7. The van der Waals surface area contributed by atoms with Gasteiger partial charge in [0.05, 0.1) is 85.4 Å². The van der Waals surface area contributed by atoms with Crippen LogP contribution in [-0.2, 0) is 143 Å². The summed E-state index contributed by atoms with van der Waals surface area (Å²) in [5.41, 5.74) is -2.42. The zero-order valence-corrected chi connectivity index (χ0v) is 87.7. The van der Waals surface area contributed by atoms with E-state index in [-0.39, 0.29) is 124 Å². The minimum absolute atomic E-state index is 0.00223. The summed E-state index contributed by atoms with van der Waals surface area (Å²) in [7, 11) is 2.68. The van der Waals surface area contributed by atoms with Gasteiger partial charge in [0.1, 0.15) is 59.0 Å². The molecule has 35 nitrogen and oxygen atoms in total. The fourth-order valence-corrected chi connectivity index (χ4v) is 35.3. The van der Waals surface area contributed by atoms with Gasteiger partial charge in [0, 0.05) is 100 Å². The Morgan fingerprint density at radius 2 is 0.479 bits per heavy atom. The van der Waals surface area contributed by atoms with Gasteiger partial charge < -0.3 is 99.5 Å². The summed E-state index contributed by atoms with van der Waals surface area (Å²) in [4.78, 5) is 160. The molecule has 0 aliphatic heterocycles. The smallest absolute Gasteiger partial charge is 0.465 e. The molecule has 0 N–H and O–H groups in total. The van der Waals surface area contributed by atoms with Gasteiger partial charge in [-0.15, -0.1) is 0 Å². The van der Waals surface area contributed by atoms with E-state index in [4.69, 9.17) is 90.0 Å². The van der Waals surface area contributed by atoms with Gasteiger partial charge in [-0.2, -0.15) is 0 Å². The van der Waals surface area contributed by atoms with Crippen LogP contribution in [0.4, 0.5) is 24.0 Å². The summed E-state index contributed by atoms with van der Waals surface area (Å²) in [6, 6.07) is 0. The lowest BCUT2D eigenvalue weighted by Crippen LogP contribution is -2.61. The largest absolute Gasteiger partial charge is 0.508 e. The van der Waals surface area contributed by atoms with Crippen molar-refractivity contribution in [2.24, 2.45) is 122 Å². The van der Waals surface area contributed by atoms with E-state index in [1.54, 1.807) is 34.6 Å². The fourth-order valence-electron chi connectivity index (χ4n) is 35.3. The maximum atomic E-state index is 11.8. The van der Waals surface area contributed by atoms with Crippen LogP contribution in [0, 0.1) is 122 Å². The average Bonchev–Trinajstić information content (AvgIpc) is 0.717. The highest BCUT2D eigenvalue weighted by atomic mass is 16.8. The number of hydrogen-bond donors (Lipinski definition) is 0. The van der Waals surface area contributed by atoms with E-state index < -0.39 is 53.2 Å². The lowest BCUT2D eigenvalue weighted by molar-refractivity contribution is -0.221. The summed E-state index contributed by atoms with van der Waals surface area (Å²) in [6.07, 6.45) is 36.4. The summed E-state index contributed by atoms with van der Waals surface area (Å²) in [5, 5.41) is 0. The highest BCUT2D eigenvalue weighted by molar-refractivity contribution is 5.72. The summed E-state index contributed by atoms with van der Waals surface area (Å²) >= 11 is 0. The van der Waals surface area contributed by atoms with Crippen LogP contribution in [0.25, 0.3) is 0 Å². The Balaban J connectivity index is 0.000000126. The Hall–Kier alpha value is -8.50. The third kappa shape index (κ3) is 26.7. The number of methoxy groups -OCH3 is 2. The van der Waals surface area contributed by atoms with Crippen molar-refractivity contribution in [3.63, 3.8) is 0 Å². The predicted octanol–water partition coefficient (Wildman–Crippen LogP) is 18.3. The van der Waals surface area contributed by atoms with Gasteiger partial charge in [0.25, 0.3) is 0 Å². The van der Waals surface area contributed by atoms with Crippen molar-refractivity contribution < 1.29 is 167 Å². The second-order valence-corrected chi connectivity index (χ2v) is 48.5. The first-order valence-corrected chi connectivity index (χ1v) is 54.1. The maximum Gasteiger partial charge on any atom is 0.508 e. The van der Waals surface area contributed by atoms with Crippen LogP contribution in [0.2, 0.25) is 0 Å². The van der Waals surface area contributed by atoms with Crippen molar-refractivity contribution in [3.05, 3.63) is 0 Å². The number of rotatable bonds is 27. The van der Waals surface area contributed by atoms with E-state index in [9.17, 15) is 67.1 Å². The molecule has 0 aromatic carbocycles. The van der Waals surface area contributed by atoms with Crippen LogP contribution in [-0.4, -0.2) is 229 Å². The van der Waals surface area contributed by atoms with Gasteiger partial charge >= 0.3 is 84.5 Å². The van der Waals surface area contributed by atoms with Gasteiger partial charge in [-0.3, -0.25) is 33.6 Å². The van der Waals surface area contributed by atoms with Crippen LogP contribution < -0.4 is 0 Å². The molecule has 28 rings (SSSR count). The molecule has 28 aliphatic carbocycles. The molecule has 0 aromatic rings. The van der Waals surface area contributed by atoms with Gasteiger partial charge in [0.15, 0.2) is 0 Å². The van der Waals surface area contributed by atoms with Crippen molar-refractivity contribution in [2.75, 3.05) is 86.9 Å². The predicted molar refractivity (Wildman–Crippen MR) is 508 cm³/mol. The van der Waals surface area contributed by atoms with Crippen molar-refractivity contribution in [1.82, 2.24) is 0 Å². The minimum atomic E-state index is -0.592. The molecule has 28 bridgehead atoms. The molecule has 0 amide bonds. The van der Waals surface area contributed by atoms with Gasteiger partial charge in [-0.1, -0.05) is 0 Å². The molecule has 14 atom stereocenters. The monoisotopic (exact) mass is 2030 g/mol. The topological polar surface area (TPSA) is 433 Å². The Kier molecular flexibility index (Phi) is 34.4. The molecule has 28 aliphatic rings. The third-order valence-electron chi connectivity index (χ3n) is 36.3. The lowest BCUT2D eigenvalue weighted by atomic mass is 9.48. The lowest BCUT2D eigenvalue weighted by Gasteiger charge is -2.61. The molecule has 28 saturated carbocycles. The molecule has 14 unspecified atom stereocenters. The molecule has 808 valence electrons. The van der Waals surface area contributed by atoms with Crippen LogP contribution in [0.5, 0.6) is 0 Å². The average molecular weight is 2030 g/mol. The molecular weight excluding hydrogens is 1870 g/mol. The first kappa shape index (κ1) is 110. The Morgan fingerprint density at radius 3 is 0.799 bits per heavy atom. The first-order valence-electron chi connectivity index (χ1n) is 54.1. The maximum absolute atomic E-state index is 11.8. The van der Waals surface area contributed by atoms with Crippen LogP contribution in [0.15, 0.2) is 0 Å². The van der Waals surface area contributed by atoms with Crippen LogP contribution in [0.3, 0.4) is 0 Å². The van der Waals surface area contributed by atoms with E-state index in [0.29, 0.717) is 161 Å². The summed E-state index contributed by atoms with van der Waals surface area (Å²) in [5.74, 6) is 6.75. The molecular formula is C109H162O35. The van der Waals surface area contributed by atoms with Gasteiger partial charge in [0.2, 0.25) is 0 Å². The normalized spacial score (nSPS) is 40.5. The Bertz CT molecular complexity index is 4500. The van der Waals surface area contributed by atoms with Crippen LogP contribution >= 0.6 is 0 Å². The molecule has 35 heteroatoms. The second kappa shape index (κ2) is 45.1. The van der Waals surface area contributed by atoms with Crippen molar-refractivity contribution in [1.29, 1.82) is 0 Å². The van der Waals surface area contributed by atoms with Gasteiger partial charge in [-0.25, -0.2) is 33.6 Å². The SMILES string of the molecule is CCOC(=O)COC12CC3CC(CC(COC(C)=O)(C3)C1)C2.CCOC(=O)COC1C2CC3CC1CC(COC(C)=O)(C3)C2.CCOC(=O)OC12CC3CC(C1)C(OC(C)=O)C(C3)C2.CCOC(=O)OC12CC3CC(CC(COC(C)=O)(C3)C1)C2.CCOC(=O)OC12CC3CC(CC(OC(C)=O)(C3)C1)C2.COC(=O)OC12CC3CC(C1)C(OC(C)=O)C(C3)C2.COC(=O)OC12CC3CC(CC(COC(C)=O)(C3)C1)C2. The van der Waals surface area contributed by atoms with Crippen molar-refractivity contribution in [2.45, 2.75) is 391 Å². The van der Waals surface area contributed by atoms with E-state index >= 15 is 0 Å². The van der Waals surface area contributed by atoms with Gasteiger partial charge in [-0.05, 0) is 356 Å². The summed E-state index contributed by atoms with van der Waals surface area (Å²) in [6.45, 7) is 23.0. The number of esters is 9. The molecule has 28 fully saturated rings. The minimum Gasteiger partial charge on any atom is -0.465 e. The van der Waals surface area contributed by atoms with Crippen molar-refractivity contribution in [3.8, 4) is 0 Å². The van der Waals surface area contributed by atoms with Crippen molar-refractivity contribution >= 4 is 84.5 Å². The number of carbonyl (C=O) groups excluding carboxylic acids is 14. The molecule has 0 aromatic heterocycles. The Morgan fingerprint density at radius 1 is 0.222 bits per heavy atom. The molecule has 0 saturated heterocycles. The molecule has 0 radical (unpaired) electrons. The van der Waals surface area contributed by atoms with E-state index in [0.717, 1.165) is 211 Å². The molecule has 0 spiro atoms. The second-order valence-electron chi connectivity index (χ2n) is 48.5. The first-order chi connectivity index (χ1) is 68.3. The number of hydrogen-bond acceptors (Lipinski definition) is 35. The molecule has 144 heavy (non-hydrogen) atoms. The Labute approximate surface area is 847 Å². The van der Waals surface area contributed by atoms with E-state index in [2.05, 4.69) is 9.47 Å². The molecule has 0 heterocycles. The van der Waals surface area contributed by atoms with Crippen LogP contribution in [0.1, 0.15) is 333 Å². The highest BCUT2D eigenvalue weighted by Gasteiger charge is 2.68. The zero-order chi connectivity index (χ0) is 103. The fraction of sp³-hybridized carbons (Fsp3) is 0.872. The van der Waals surface area contributed by atoms with E-state index in [1.807, 2.05) is 0 Å². The standard InChI is InChI=1S/2C17H26O5.C16H24O5.3C15H22O5.C14H20O5/c1-3-20-15(19)9-22-17-7-13-4-14(8-17)6-16(5-13,10-17)11-21-12(2)18;1-3-20-15(19)9-21-16-13-4-12-5-14(16)8-17(6-12,7-13)10-22-11(2)18;1-3-19-14(18)21-16-7-12-4-13(8-16)6-15(5-12,9-16)10-20-11(2)17;1-10(16)19-9-14-4-11-3-12(5-14)7-15(6-11,8-14)20-13(17)18-2;1-3-18-13(17)20-15-7-11-4-12(8-15)6-14(5-11,9-15)19-10(2)16;1-3-18-14(17)20-15-6-10-4-11(7-15)13(19-9(2)16)12(5-10)8-15;1-8(15)18-12-10-3-9-4-11(12)7-14(5-9,6-10)19-13(16)17-2/h13-14H,3-11H2,1-2H3;12-14,16H,3-10H2,1-2H3;12-13H,3-10H2,1-2H3;2*11-12H,3-9H2,1-2H3;10-13H,3-8H2,1-2H3;9-12H,3-7H2,1-2H3. The highest BCUT2D eigenvalue weighted by Crippen LogP contribution is 2.69. The summed E-state index contributed by atoms with van der Waals surface area (Å²) < 4.78 is 112. The number of ether oxygens (including phenoxy) is 21. The third-order valence-corrected chi connectivity index (χ3v) is 36.3. The quantitative estimate of drug-likeness (QED) is 0.0544. The number of carbonyl (C=O) groups is 14.